The predicted octanol–water partition coefficient (Wildman–Crippen LogP) is 4.13. The Hall–Kier alpha value is -1.03. The fourth-order valence-electron chi connectivity index (χ4n) is 4.48. The molecule has 2 aromatic rings. The van der Waals surface area contributed by atoms with Crippen molar-refractivity contribution in [1.29, 1.82) is 0 Å². The van der Waals surface area contributed by atoms with E-state index in [0.29, 0.717) is 10.0 Å². The van der Waals surface area contributed by atoms with Crippen molar-refractivity contribution in [1.82, 2.24) is 15.1 Å². The lowest BCUT2D eigenvalue weighted by atomic mass is 9.81. The Labute approximate surface area is 147 Å². The third-order valence-corrected chi connectivity index (χ3v) is 6.49. The van der Waals surface area contributed by atoms with Gasteiger partial charge in [0.1, 0.15) is 0 Å². The van der Waals surface area contributed by atoms with Crippen LogP contribution >= 0.6 is 23.2 Å². The highest BCUT2D eigenvalue weighted by molar-refractivity contribution is 6.42. The van der Waals surface area contributed by atoms with Crippen molar-refractivity contribution >= 4 is 23.2 Å². The van der Waals surface area contributed by atoms with Crippen LogP contribution in [0.3, 0.4) is 0 Å². The summed E-state index contributed by atoms with van der Waals surface area (Å²) in [5.41, 5.74) is 4.08. The topological polar surface area (TPSA) is 29.9 Å². The van der Waals surface area contributed by atoms with Crippen LogP contribution in [0.25, 0.3) is 0 Å². The Kier molecular flexibility index (Phi) is 3.53. The standard InChI is InChI=1S/C18H21Cl2N3/c1-12-7-13(2)23(22-12)11-17-9-18(17,5-6-21-10-17)14-3-4-15(19)16(20)8-14/h3-4,7-8,21H,5-6,9-11H2,1-2H3/t17-,18-/m0/s1. The number of fused-ring (bicyclic) bond motifs is 1. The van der Waals surface area contributed by atoms with Crippen molar-refractivity contribution in [3.05, 3.63) is 51.3 Å². The number of halogens is 2. The lowest BCUT2D eigenvalue weighted by Crippen LogP contribution is -2.41. The fraction of sp³-hybridized carbons (Fsp3) is 0.500. The van der Waals surface area contributed by atoms with Gasteiger partial charge in [0.15, 0.2) is 0 Å². The lowest BCUT2D eigenvalue weighted by Gasteiger charge is -2.32. The van der Waals surface area contributed by atoms with Gasteiger partial charge < -0.3 is 5.32 Å². The SMILES string of the molecule is Cc1cc(C)n(C[C@]23CNCC[C@@]2(c2ccc(Cl)c(Cl)c2)C3)n1. The number of benzene rings is 1. The molecule has 0 unspecified atom stereocenters. The molecule has 2 fully saturated rings. The summed E-state index contributed by atoms with van der Waals surface area (Å²) in [7, 11) is 0. The lowest BCUT2D eigenvalue weighted by molar-refractivity contribution is 0.273. The Bertz CT molecular complexity index is 770. The smallest absolute Gasteiger partial charge is 0.0596 e. The Morgan fingerprint density at radius 2 is 2.04 bits per heavy atom. The molecule has 2 atom stereocenters. The van der Waals surface area contributed by atoms with Crippen LogP contribution in [0.15, 0.2) is 24.3 Å². The summed E-state index contributed by atoms with van der Waals surface area (Å²) in [5.74, 6) is 0. The molecular weight excluding hydrogens is 329 g/mol. The molecule has 4 rings (SSSR count). The minimum absolute atomic E-state index is 0.207. The molecule has 1 saturated carbocycles. The van der Waals surface area contributed by atoms with E-state index in [1.807, 2.05) is 6.07 Å². The van der Waals surface area contributed by atoms with E-state index in [-0.39, 0.29) is 10.8 Å². The largest absolute Gasteiger partial charge is 0.316 e. The van der Waals surface area contributed by atoms with Gasteiger partial charge in [0.05, 0.1) is 15.7 Å². The molecule has 0 bridgehead atoms. The molecule has 5 heteroatoms. The molecule has 1 aliphatic heterocycles. The Morgan fingerprint density at radius 3 is 2.74 bits per heavy atom. The van der Waals surface area contributed by atoms with Crippen molar-refractivity contribution in [2.45, 2.75) is 38.6 Å². The Balaban J connectivity index is 1.70. The van der Waals surface area contributed by atoms with Crippen molar-refractivity contribution in [2.24, 2.45) is 5.41 Å². The van der Waals surface area contributed by atoms with Gasteiger partial charge in [-0.2, -0.15) is 5.10 Å². The van der Waals surface area contributed by atoms with Crippen molar-refractivity contribution < 1.29 is 0 Å². The van der Waals surface area contributed by atoms with E-state index >= 15 is 0 Å². The average Bonchev–Trinajstić information content (AvgIpc) is 3.09. The van der Waals surface area contributed by atoms with Gasteiger partial charge in [-0.3, -0.25) is 4.68 Å². The summed E-state index contributed by atoms with van der Waals surface area (Å²) in [4.78, 5) is 0. The number of hydrogen-bond donors (Lipinski definition) is 1. The van der Waals surface area contributed by atoms with Crippen LogP contribution in [0.2, 0.25) is 10.0 Å². The zero-order valence-corrected chi connectivity index (χ0v) is 15.0. The number of rotatable bonds is 3. The first-order chi connectivity index (χ1) is 11.0. The van der Waals surface area contributed by atoms with Crippen LogP contribution in [-0.4, -0.2) is 22.9 Å². The van der Waals surface area contributed by atoms with Crippen LogP contribution in [0.1, 0.15) is 29.8 Å². The minimum Gasteiger partial charge on any atom is -0.316 e. The van der Waals surface area contributed by atoms with E-state index in [1.54, 1.807) is 0 Å². The van der Waals surface area contributed by atoms with E-state index in [4.69, 9.17) is 23.2 Å². The van der Waals surface area contributed by atoms with Gasteiger partial charge in [-0.05, 0) is 57.0 Å². The molecule has 1 aliphatic carbocycles. The molecule has 1 N–H and O–H groups in total. The molecule has 0 spiro atoms. The summed E-state index contributed by atoms with van der Waals surface area (Å²) >= 11 is 12.4. The number of nitrogens with one attached hydrogen (secondary N) is 1. The van der Waals surface area contributed by atoms with Crippen LogP contribution in [0, 0.1) is 19.3 Å². The minimum atomic E-state index is 0.207. The molecule has 1 aromatic carbocycles. The van der Waals surface area contributed by atoms with E-state index in [9.17, 15) is 0 Å². The first-order valence-electron chi connectivity index (χ1n) is 8.13. The highest BCUT2D eigenvalue weighted by Crippen LogP contribution is 2.68. The van der Waals surface area contributed by atoms with Gasteiger partial charge in [-0.25, -0.2) is 0 Å². The summed E-state index contributed by atoms with van der Waals surface area (Å²) in [5, 5.41) is 9.54. The van der Waals surface area contributed by atoms with Crippen molar-refractivity contribution in [3.8, 4) is 0 Å². The molecule has 23 heavy (non-hydrogen) atoms. The van der Waals surface area contributed by atoms with E-state index in [2.05, 4.69) is 47.1 Å². The van der Waals surface area contributed by atoms with Crippen molar-refractivity contribution in [2.75, 3.05) is 13.1 Å². The van der Waals surface area contributed by atoms with Gasteiger partial charge >= 0.3 is 0 Å². The monoisotopic (exact) mass is 349 g/mol. The third-order valence-electron chi connectivity index (χ3n) is 5.75. The highest BCUT2D eigenvalue weighted by Gasteiger charge is 2.68. The zero-order valence-electron chi connectivity index (χ0n) is 13.5. The summed E-state index contributed by atoms with van der Waals surface area (Å²) in [6, 6.07) is 8.30. The first kappa shape index (κ1) is 15.5. The first-order valence-corrected chi connectivity index (χ1v) is 8.89. The maximum absolute atomic E-state index is 6.28. The maximum Gasteiger partial charge on any atom is 0.0596 e. The van der Waals surface area contributed by atoms with Gasteiger partial charge in [-0.15, -0.1) is 0 Å². The molecule has 2 aliphatic rings. The molecule has 3 nitrogen and oxygen atoms in total. The zero-order chi connectivity index (χ0) is 16.2. The summed E-state index contributed by atoms with van der Waals surface area (Å²) in [6.45, 7) is 7.24. The molecule has 0 amide bonds. The Morgan fingerprint density at radius 1 is 1.22 bits per heavy atom. The van der Waals surface area contributed by atoms with E-state index < -0.39 is 0 Å². The summed E-state index contributed by atoms with van der Waals surface area (Å²) < 4.78 is 2.17. The van der Waals surface area contributed by atoms with E-state index in [0.717, 1.165) is 31.7 Å². The van der Waals surface area contributed by atoms with Gasteiger partial charge in [-0.1, -0.05) is 29.3 Å². The van der Waals surface area contributed by atoms with Crippen molar-refractivity contribution in [3.63, 3.8) is 0 Å². The maximum atomic E-state index is 6.28. The van der Waals surface area contributed by atoms with E-state index in [1.165, 1.54) is 17.7 Å². The molecular formula is C18H21Cl2N3. The molecule has 0 radical (unpaired) electrons. The van der Waals surface area contributed by atoms with Crippen LogP contribution in [0.4, 0.5) is 0 Å². The second-order valence-electron chi connectivity index (χ2n) is 7.18. The van der Waals surface area contributed by atoms with Crippen LogP contribution in [0.5, 0.6) is 0 Å². The van der Waals surface area contributed by atoms with Gasteiger partial charge in [0.25, 0.3) is 0 Å². The second kappa shape index (κ2) is 5.23. The van der Waals surface area contributed by atoms with Crippen LogP contribution in [-0.2, 0) is 12.0 Å². The normalized spacial score (nSPS) is 29.4. The number of aryl methyl sites for hydroxylation is 2. The molecule has 1 aromatic heterocycles. The molecule has 1 saturated heterocycles. The van der Waals surface area contributed by atoms with Gasteiger partial charge in [0.2, 0.25) is 0 Å². The average molecular weight is 350 g/mol. The third kappa shape index (κ3) is 2.33. The quantitative estimate of drug-likeness (QED) is 0.902. The number of nitrogens with zero attached hydrogens (tertiary/aromatic N) is 2. The number of piperidine rings is 1. The number of aromatic nitrogens is 2. The predicted molar refractivity (Wildman–Crippen MR) is 94.4 cm³/mol. The number of hydrogen-bond acceptors (Lipinski definition) is 2. The molecule has 2 heterocycles. The fourth-order valence-corrected chi connectivity index (χ4v) is 4.78. The van der Waals surface area contributed by atoms with Gasteiger partial charge in [0, 0.05) is 29.6 Å². The molecule has 122 valence electrons. The second-order valence-corrected chi connectivity index (χ2v) is 7.99. The highest BCUT2D eigenvalue weighted by atomic mass is 35.5. The summed E-state index contributed by atoms with van der Waals surface area (Å²) in [6.07, 6.45) is 2.33. The van der Waals surface area contributed by atoms with Crippen LogP contribution < -0.4 is 5.32 Å².